The molecule has 0 saturated heterocycles. The number of rotatable bonds is 4. The van der Waals surface area contributed by atoms with Crippen LogP contribution in [0.1, 0.15) is 66.2 Å². The van der Waals surface area contributed by atoms with E-state index in [1.54, 1.807) is 0 Å². The first-order chi connectivity index (χ1) is 6.33. The van der Waals surface area contributed by atoms with Crippen LogP contribution in [0.4, 0.5) is 0 Å². The molecule has 0 amide bonds. The summed E-state index contributed by atoms with van der Waals surface area (Å²) in [6.45, 7) is 9.29. The third kappa shape index (κ3) is 3.61. The fourth-order valence-electron chi connectivity index (χ4n) is 2.79. The van der Waals surface area contributed by atoms with Crippen molar-refractivity contribution in [1.82, 2.24) is 0 Å². The Labute approximate surface area is 89.5 Å². The van der Waals surface area contributed by atoms with Crippen LogP contribution in [0.15, 0.2) is 0 Å². The molecule has 1 aliphatic rings. The molecule has 1 rings (SSSR count). The second-order valence-electron chi connectivity index (χ2n) is 6.49. The topological polar surface area (TPSA) is 26.0 Å². The Hall–Kier alpha value is -0.0400. The van der Waals surface area contributed by atoms with Crippen molar-refractivity contribution in [2.24, 2.45) is 17.1 Å². The number of hydrogen-bond donors (Lipinski definition) is 1. The van der Waals surface area contributed by atoms with Gasteiger partial charge < -0.3 is 5.73 Å². The Morgan fingerprint density at radius 1 is 1.21 bits per heavy atom. The van der Waals surface area contributed by atoms with Crippen LogP contribution in [0, 0.1) is 11.3 Å². The molecule has 0 aromatic carbocycles. The second-order valence-corrected chi connectivity index (χ2v) is 6.49. The van der Waals surface area contributed by atoms with Crippen LogP contribution in [0.3, 0.4) is 0 Å². The first-order valence-corrected chi connectivity index (χ1v) is 6.12. The number of nitrogens with two attached hydrogens (primary N) is 1. The van der Waals surface area contributed by atoms with Crippen molar-refractivity contribution in [3.63, 3.8) is 0 Å². The van der Waals surface area contributed by atoms with Crippen LogP contribution < -0.4 is 5.73 Å². The second kappa shape index (κ2) is 4.22. The zero-order valence-corrected chi connectivity index (χ0v) is 10.4. The van der Waals surface area contributed by atoms with E-state index in [4.69, 9.17) is 5.73 Å². The molecule has 84 valence electrons. The molecular weight excluding hydrogens is 170 g/mol. The average Bonchev–Trinajstić information content (AvgIpc) is 2.25. The predicted molar refractivity (Wildman–Crippen MR) is 63.2 cm³/mol. The molecule has 0 spiro atoms. The first kappa shape index (κ1) is 12.0. The summed E-state index contributed by atoms with van der Waals surface area (Å²) in [5.41, 5.74) is 7.08. The summed E-state index contributed by atoms with van der Waals surface area (Å²) in [5, 5.41) is 0. The van der Waals surface area contributed by atoms with Crippen molar-refractivity contribution >= 4 is 0 Å². The van der Waals surface area contributed by atoms with Crippen molar-refractivity contribution in [1.29, 1.82) is 0 Å². The van der Waals surface area contributed by atoms with E-state index < -0.39 is 0 Å². The highest BCUT2D eigenvalue weighted by atomic mass is 14.8. The van der Waals surface area contributed by atoms with E-state index >= 15 is 0 Å². The monoisotopic (exact) mass is 197 g/mol. The van der Waals surface area contributed by atoms with Gasteiger partial charge in [-0.25, -0.2) is 0 Å². The molecule has 1 heteroatoms. The summed E-state index contributed by atoms with van der Waals surface area (Å²) < 4.78 is 0. The molecule has 14 heavy (non-hydrogen) atoms. The van der Waals surface area contributed by atoms with Gasteiger partial charge >= 0.3 is 0 Å². The minimum atomic E-state index is 0.165. The smallest absolute Gasteiger partial charge is 0.0159 e. The molecule has 1 fully saturated rings. The van der Waals surface area contributed by atoms with Crippen LogP contribution in [0.5, 0.6) is 0 Å². The molecule has 0 bridgehead atoms. The highest BCUT2D eigenvalue weighted by Gasteiger charge is 2.39. The van der Waals surface area contributed by atoms with Crippen molar-refractivity contribution < 1.29 is 0 Å². The van der Waals surface area contributed by atoms with Crippen LogP contribution in [0.2, 0.25) is 0 Å². The summed E-state index contributed by atoms with van der Waals surface area (Å²) in [7, 11) is 0. The van der Waals surface area contributed by atoms with E-state index in [9.17, 15) is 0 Å². The van der Waals surface area contributed by atoms with Gasteiger partial charge in [-0.1, -0.05) is 40.5 Å². The van der Waals surface area contributed by atoms with E-state index in [0.717, 1.165) is 5.92 Å². The summed E-state index contributed by atoms with van der Waals surface area (Å²) in [4.78, 5) is 0. The molecule has 0 aromatic rings. The van der Waals surface area contributed by atoms with Crippen LogP contribution in [-0.4, -0.2) is 5.54 Å². The van der Waals surface area contributed by atoms with Crippen LogP contribution >= 0.6 is 0 Å². The normalized spacial score (nSPS) is 31.3. The molecular formula is C13H27N. The van der Waals surface area contributed by atoms with Gasteiger partial charge in [0.2, 0.25) is 0 Å². The largest absolute Gasteiger partial charge is 0.325 e. The quantitative estimate of drug-likeness (QED) is 0.730. The molecule has 1 atom stereocenters. The van der Waals surface area contributed by atoms with Gasteiger partial charge in [0.1, 0.15) is 0 Å². The maximum absolute atomic E-state index is 6.42. The van der Waals surface area contributed by atoms with Crippen LogP contribution in [0.25, 0.3) is 0 Å². The van der Waals surface area contributed by atoms with Crippen molar-refractivity contribution in [2.75, 3.05) is 0 Å². The molecule has 1 nitrogen and oxygen atoms in total. The minimum Gasteiger partial charge on any atom is -0.325 e. The fourth-order valence-corrected chi connectivity index (χ4v) is 2.79. The maximum atomic E-state index is 6.42. The molecule has 0 heterocycles. The van der Waals surface area contributed by atoms with Gasteiger partial charge in [0, 0.05) is 5.54 Å². The molecule has 0 radical (unpaired) electrons. The predicted octanol–water partition coefficient (Wildman–Crippen LogP) is 3.72. The number of hydrogen-bond acceptors (Lipinski definition) is 1. The minimum absolute atomic E-state index is 0.165. The van der Waals surface area contributed by atoms with Crippen molar-refractivity contribution in [3.8, 4) is 0 Å². The van der Waals surface area contributed by atoms with E-state index in [2.05, 4.69) is 27.7 Å². The molecule has 1 aliphatic carbocycles. The first-order valence-electron chi connectivity index (χ1n) is 6.12. The van der Waals surface area contributed by atoms with Crippen molar-refractivity contribution in [2.45, 2.75) is 71.8 Å². The van der Waals surface area contributed by atoms with Gasteiger partial charge in [0.05, 0.1) is 0 Å². The van der Waals surface area contributed by atoms with Crippen LogP contribution in [-0.2, 0) is 0 Å². The summed E-state index contributed by atoms with van der Waals surface area (Å²) in [6, 6.07) is 0. The Kier molecular flexibility index (Phi) is 3.63. The molecule has 1 saturated carbocycles. The fraction of sp³-hybridized carbons (Fsp3) is 1.00. The van der Waals surface area contributed by atoms with Gasteiger partial charge in [0.25, 0.3) is 0 Å². The SMILES string of the molecule is CC(C)CCCC1(N)CCC(C)(C)C1. The lowest BCUT2D eigenvalue weighted by Gasteiger charge is -2.26. The van der Waals surface area contributed by atoms with Gasteiger partial charge in [-0.15, -0.1) is 0 Å². The van der Waals surface area contributed by atoms with Gasteiger partial charge in [0.15, 0.2) is 0 Å². The Morgan fingerprint density at radius 3 is 2.29 bits per heavy atom. The Balaban J connectivity index is 2.30. The molecule has 0 aromatic heterocycles. The zero-order chi connectivity index (χ0) is 10.8. The van der Waals surface area contributed by atoms with Gasteiger partial charge in [-0.2, -0.15) is 0 Å². The summed E-state index contributed by atoms with van der Waals surface area (Å²) >= 11 is 0. The highest BCUT2D eigenvalue weighted by Crippen LogP contribution is 2.44. The molecule has 0 aliphatic heterocycles. The molecule has 1 unspecified atom stereocenters. The van der Waals surface area contributed by atoms with E-state index in [-0.39, 0.29) is 5.54 Å². The van der Waals surface area contributed by atoms with Gasteiger partial charge in [-0.05, 0) is 37.0 Å². The highest BCUT2D eigenvalue weighted by molar-refractivity contribution is 4.97. The van der Waals surface area contributed by atoms with Gasteiger partial charge in [-0.3, -0.25) is 0 Å². The lowest BCUT2D eigenvalue weighted by atomic mass is 9.85. The summed E-state index contributed by atoms with van der Waals surface area (Å²) in [5.74, 6) is 0.827. The van der Waals surface area contributed by atoms with E-state index in [1.165, 1.54) is 38.5 Å². The average molecular weight is 197 g/mol. The standard InChI is InChI=1S/C13H27N/c1-11(2)6-5-7-13(14)9-8-12(3,4)10-13/h11H,5-10,14H2,1-4H3. The lowest BCUT2D eigenvalue weighted by molar-refractivity contribution is 0.313. The van der Waals surface area contributed by atoms with E-state index in [1.807, 2.05) is 0 Å². The third-order valence-electron chi connectivity index (χ3n) is 3.59. The maximum Gasteiger partial charge on any atom is 0.0159 e. The molecule has 2 N–H and O–H groups in total. The van der Waals surface area contributed by atoms with Crippen molar-refractivity contribution in [3.05, 3.63) is 0 Å². The third-order valence-corrected chi connectivity index (χ3v) is 3.59. The Morgan fingerprint density at radius 2 is 1.86 bits per heavy atom. The Bertz CT molecular complexity index is 184. The lowest BCUT2D eigenvalue weighted by Crippen LogP contribution is -2.37. The zero-order valence-electron chi connectivity index (χ0n) is 10.4. The van der Waals surface area contributed by atoms with E-state index in [0.29, 0.717) is 5.41 Å². The summed E-state index contributed by atoms with van der Waals surface area (Å²) in [6.07, 6.45) is 7.64.